The number of hydrogen-bond acceptors (Lipinski definition) is 3. The highest BCUT2D eigenvalue weighted by Gasteiger charge is 2.20. The molecule has 0 saturated carbocycles. The van der Waals surface area contributed by atoms with E-state index in [0.29, 0.717) is 6.54 Å². The monoisotopic (exact) mass is 253 g/mol. The van der Waals surface area contributed by atoms with E-state index in [1.807, 2.05) is 32.9 Å². The van der Waals surface area contributed by atoms with Crippen LogP contribution in [0.25, 0.3) is 0 Å². The minimum absolute atomic E-state index is 0.0563. The fourth-order valence-electron chi connectivity index (χ4n) is 1.27. The van der Waals surface area contributed by atoms with E-state index in [1.165, 1.54) is 11.3 Å². The van der Waals surface area contributed by atoms with Gasteiger partial charge in [0, 0.05) is 16.8 Å². The quantitative estimate of drug-likeness (QED) is 0.838. The maximum atomic E-state index is 11.6. The highest BCUT2D eigenvalue weighted by Crippen LogP contribution is 2.17. The number of amides is 1. The molecule has 1 N–H and O–H groups in total. The van der Waals surface area contributed by atoms with E-state index in [4.69, 9.17) is 0 Å². The maximum Gasteiger partial charge on any atom is 0.225 e. The Morgan fingerprint density at radius 3 is 2.41 bits per heavy atom. The third kappa shape index (κ3) is 4.30. The zero-order valence-corrected chi connectivity index (χ0v) is 11.6. The fraction of sp³-hybridized carbons (Fsp3) is 0.538. The van der Waals surface area contributed by atoms with Gasteiger partial charge in [-0.05, 0) is 25.5 Å². The van der Waals surface area contributed by atoms with Crippen LogP contribution in [0.2, 0.25) is 0 Å². The van der Waals surface area contributed by atoms with Crippen LogP contribution in [0.5, 0.6) is 0 Å². The summed E-state index contributed by atoms with van der Waals surface area (Å²) in [4.78, 5) is 24.6. The van der Waals surface area contributed by atoms with Crippen molar-refractivity contribution in [2.75, 3.05) is 6.54 Å². The SMILES string of the molecule is CC(=O)c1ccc(CCNC(=O)C(C)(C)C)s1. The second kappa shape index (κ2) is 5.45. The largest absolute Gasteiger partial charge is 0.355 e. The first kappa shape index (κ1) is 13.9. The number of rotatable bonds is 4. The molecule has 1 amide bonds. The van der Waals surface area contributed by atoms with Crippen LogP contribution in [0, 0.1) is 5.41 Å². The molecule has 3 nitrogen and oxygen atoms in total. The first-order valence-corrected chi connectivity index (χ1v) is 6.50. The van der Waals surface area contributed by atoms with Gasteiger partial charge in [0.25, 0.3) is 0 Å². The number of carbonyl (C=O) groups is 2. The third-order valence-electron chi connectivity index (χ3n) is 2.35. The summed E-state index contributed by atoms with van der Waals surface area (Å²) in [6.45, 7) is 7.86. The lowest BCUT2D eigenvalue weighted by molar-refractivity contribution is -0.128. The molecule has 0 atom stereocenters. The van der Waals surface area contributed by atoms with Crippen LogP contribution >= 0.6 is 11.3 Å². The molecule has 0 spiro atoms. The molecule has 0 aliphatic rings. The Balaban J connectivity index is 2.41. The number of nitrogens with one attached hydrogen (secondary N) is 1. The number of carbonyl (C=O) groups excluding carboxylic acids is 2. The van der Waals surface area contributed by atoms with Crippen molar-refractivity contribution < 1.29 is 9.59 Å². The van der Waals surface area contributed by atoms with E-state index in [1.54, 1.807) is 6.92 Å². The van der Waals surface area contributed by atoms with E-state index in [0.717, 1.165) is 16.2 Å². The molecular weight excluding hydrogens is 234 g/mol. The van der Waals surface area contributed by atoms with Crippen molar-refractivity contribution in [2.45, 2.75) is 34.1 Å². The summed E-state index contributed by atoms with van der Waals surface area (Å²) in [5.41, 5.74) is -0.347. The second-order valence-corrected chi connectivity index (χ2v) is 6.25. The summed E-state index contributed by atoms with van der Waals surface area (Å²) in [6.07, 6.45) is 0.778. The highest BCUT2D eigenvalue weighted by molar-refractivity contribution is 7.14. The minimum atomic E-state index is -0.347. The van der Waals surface area contributed by atoms with Crippen molar-refractivity contribution in [3.63, 3.8) is 0 Å². The van der Waals surface area contributed by atoms with E-state index >= 15 is 0 Å². The lowest BCUT2D eigenvalue weighted by atomic mass is 9.96. The molecule has 1 rings (SSSR count). The fourth-order valence-corrected chi connectivity index (χ4v) is 2.17. The lowest BCUT2D eigenvalue weighted by Gasteiger charge is -2.17. The predicted octanol–water partition coefficient (Wildman–Crippen LogP) is 2.66. The smallest absolute Gasteiger partial charge is 0.225 e. The van der Waals surface area contributed by atoms with Crippen LogP contribution in [0.1, 0.15) is 42.2 Å². The average molecular weight is 253 g/mol. The Bertz CT molecular complexity index is 415. The number of Topliss-reactive ketones (excluding diaryl/α,β-unsaturated/α-hetero) is 1. The summed E-state index contributed by atoms with van der Waals surface area (Å²) in [6, 6.07) is 3.79. The molecule has 1 aromatic rings. The van der Waals surface area contributed by atoms with Crippen LogP contribution in [-0.2, 0) is 11.2 Å². The molecule has 0 unspecified atom stereocenters. The molecular formula is C13H19NO2S. The number of ketones is 1. The van der Waals surface area contributed by atoms with E-state index < -0.39 is 0 Å². The van der Waals surface area contributed by atoms with E-state index in [9.17, 15) is 9.59 Å². The van der Waals surface area contributed by atoms with E-state index in [-0.39, 0.29) is 17.1 Å². The summed E-state index contributed by atoms with van der Waals surface area (Å²) in [5, 5.41) is 2.89. The molecule has 17 heavy (non-hydrogen) atoms. The lowest BCUT2D eigenvalue weighted by Crippen LogP contribution is -2.35. The highest BCUT2D eigenvalue weighted by atomic mass is 32.1. The molecule has 0 aromatic carbocycles. The molecule has 0 aliphatic carbocycles. The van der Waals surface area contributed by atoms with Gasteiger partial charge in [0.05, 0.1) is 4.88 Å². The zero-order chi connectivity index (χ0) is 13.1. The summed E-state index contributed by atoms with van der Waals surface area (Å²) in [7, 11) is 0. The van der Waals surface area contributed by atoms with Gasteiger partial charge in [0.1, 0.15) is 0 Å². The second-order valence-electron chi connectivity index (χ2n) is 5.08. The van der Waals surface area contributed by atoms with Crippen LogP contribution < -0.4 is 5.32 Å². The molecule has 0 saturated heterocycles. The van der Waals surface area contributed by atoms with Crippen LogP contribution in [0.3, 0.4) is 0 Å². The van der Waals surface area contributed by atoms with Crippen molar-refractivity contribution in [2.24, 2.45) is 5.41 Å². The predicted molar refractivity (Wildman–Crippen MR) is 70.5 cm³/mol. The van der Waals surface area contributed by atoms with E-state index in [2.05, 4.69) is 5.32 Å². The Morgan fingerprint density at radius 1 is 1.29 bits per heavy atom. The molecule has 0 bridgehead atoms. The van der Waals surface area contributed by atoms with Crippen molar-refractivity contribution in [3.05, 3.63) is 21.9 Å². The Hall–Kier alpha value is -1.16. The first-order chi connectivity index (χ1) is 7.80. The summed E-state index contributed by atoms with van der Waals surface area (Å²) < 4.78 is 0. The van der Waals surface area contributed by atoms with Crippen molar-refractivity contribution in [3.8, 4) is 0 Å². The standard InChI is InChI=1S/C13H19NO2S/c1-9(15)11-6-5-10(17-11)7-8-14-12(16)13(2,3)4/h5-6H,7-8H2,1-4H3,(H,14,16). The molecule has 1 aromatic heterocycles. The van der Waals surface area contributed by atoms with Crippen molar-refractivity contribution >= 4 is 23.0 Å². The minimum Gasteiger partial charge on any atom is -0.355 e. The first-order valence-electron chi connectivity index (χ1n) is 5.68. The Kier molecular flexibility index (Phi) is 4.46. The van der Waals surface area contributed by atoms with Gasteiger partial charge in [-0.2, -0.15) is 0 Å². The zero-order valence-electron chi connectivity index (χ0n) is 10.8. The van der Waals surface area contributed by atoms with Crippen LogP contribution in [-0.4, -0.2) is 18.2 Å². The molecule has 1 heterocycles. The van der Waals surface area contributed by atoms with Crippen molar-refractivity contribution in [1.82, 2.24) is 5.32 Å². The molecule has 0 radical (unpaired) electrons. The van der Waals surface area contributed by atoms with Crippen molar-refractivity contribution in [1.29, 1.82) is 0 Å². The maximum absolute atomic E-state index is 11.6. The van der Waals surface area contributed by atoms with Gasteiger partial charge >= 0.3 is 0 Å². The van der Waals surface area contributed by atoms with Gasteiger partial charge in [-0.25, -0.2) is 0 Å². The van der Waals surface area contributed by atoms with Gasteiger partial charge < -0.3 is 5.32 Å². The Labute approximate surface area is 106 Å². The Morgan fingerprint density at radius 2 is 1.94 bits per heavy atom. The van der Waals surface area contributed by atoms with Crippen LogP contribution in [0.15, 0.2) is 12.1 Å². The summed E-state index contributed by atoms with van der Waals surface area (Å²) >= 11 is 1.50. The summed E-state index contributed by atoms with van der Waals surface area (Å²) in [5.74, 6) is 0.154. The van der Waals surface area contributed by atoms with Gasteiger partial charge in [-0.15, -0.1) is 11.3 Å². The molecule has 94 valence electrons. The van der Waals surface area contributed by atoms with Gasteiger partial charge in [-0.3, -0.25) is 9.59 Å². The average Bonchev–Trinajstić information content (AvgIpc) is 2.64. The molecule has 0 fully saturated rings. The topological polar surface area (TPSA) is 46.2 Å². The third-order valence-corrected chi connectivity index (χ3v) is 3.59. The van der Waals surface area contributed by atoms with Gasteiger partial charge in [0.2, 0.25) is 5.91 Å². The van der Waals surface area contributed by atoms with Gasteiger partial charge in [-0.1, -0.05) is 20.8 Å². The normalized spacial score (nSPS) is 11.3. The number of thiophene rings is 1. The molecule has 4 heteroatoms. The van der Waals surface area contributed by atoms with Gasteiger partial charge in [0.15, 0.2) is 5.78 Å². The molecule has 0 aliphatic heterocycles. The number of hydrogen-bond donors (Lipinski definition) is 1. The van der Waals surface area contributed by atoms with Crippen LogP contribution in [0.4, 0.5) is 0 Å².